The first kappa shape index (κ1) is 24.9. The van der Waals surface area contributed by atoms with Crippen molar-refractivity contribution in [3.8, 4) is 23.0 Å². The van der Waals surface area contributed by atoms with Crippen LogP contribution in [0, 0.1) is 0 Å². The lowest BCUT2D eigenvalue weighted by molar-refractivity contribution is 0.477. The molecule has 2 aliphatic heterocycles. The van der Waals surface area contributed by atoms with Crippen molar-refractivity contribution >= 4 is 55.9 Å². The molecule has 0 saturated carbocycles. The maximum atomic E-state index is 6.30. The summed E-state index contributed by atoms with van der Waals surface area (Å²) in [5.41, 5.74) is 8.73. The maximum absolute atomic E-state index is 6.30. The lowest BCUT2D eigenvalue weighted by atomic mass is 10.1. The van der Waals surface area contributed by atoms with Gasteiger partial charge < -0.3 is 23.8 Å². The SMILES string of the molecule is CC(C)n1c2ccc(N3c4ccccc4Oc4ccccc43)cc2c2cc(N3c4ccccc4Oc4ccccc43)ccc21. The molecule has 0 fully saturated rings. The second-order valence-electron chi connectivity index (χ2n) is 11.6. The van der Waals surface area contributed by atoms with Crippen molar-refractivity contribution in [2.45, 2.75) is 19.9 Å². The highest BCUT2D eigenvalue weighted by molar-refractivity contribution is 6.11. The van der Waals surface area contributed by atoms with Gasteiger partial charge in [0.2, 0.25) is 0 Å². The Balaban J connectivity index is 1.28. The molecule has 3 heterocycles. The predicted molar refractivity (Wildman–Crippen MR) is 179 cm³/mol. The van der Waals surface area contributed by atoms with Crippen LogP contribution in [0.15, 0.2) is 133 Å². The molecule has 2 aliphatic rings. The monoisotopic (exact) mass is 571 g/mol. The molecule has 0 unspecified atom stereocenters. The molecule has 0 saturated heterocycles. The normalized spacial score (nSPS) is 13.2. The van der Waals surface area contributed by atoms with E-state index >= 15 is 0 Å². The quantitative estimate of drug-likeness (QED) is 0.211. The van der Waals surface area contributed by atoms with E-state index < -0.39 is 0 Å². The van der Waals surface area contributed by atoms with E-state index in [4.69, 9.17) is 9.47 Å². The van der Waals surface area contributed by atoms with Gasteiger partial charge in [-0.2, -0.15) is 0 Å². The molecule has 0 amide bonds. The Labute approximate surface area is 255 Å². The fraction of sp³-hybridized carbons (Fsp3) is 0.0769. The standard InChI is InChI=1S/C39H29N3O2/c1-25(2)40-30-21-19-26(41-32-11-3-7-15-36(32)43-37-16-8-4-12-33(37)41)23-28(30)29-24-27(20-22-31(29)40)42-34-13-5-9-17-38(34)44-39-18-10-6-14-35(39)42/h3-25H,1-2H3. The van der Waals surface area contributed by atoms with Crippen LogP contribution in [0.2, 0.25) is 0 Å². The van der Waals surface area contributed by atoms with Gasteiger partial charge in [-0.3, -0.25) is 0 Å². The lowest BCUT2D eigenvalue weighted by Gasteiger charge is -2.33. The first-order chi connectivity index (χ1) is 21.7. The summed E-state index contributed by atoms with van der Waals surface area (Å²) in [5, 5.41) is 2.42. The third-order valence-electron chi connectivity index (χ3n) is 8.67. The molecule has 212 valence electrons. The van der Waals surface area contributed by atoms with E-state index in [1.54, 1.807) is 0 Å². The first-order valence-electron chi connectivity index (χ1n) is 15.1. The highest BCUT2D eigenvalue weighted by atomic mass is 16.5. The van der Waals surface area contributed by atoms with Crippen LogP contribution in [0.5, 0.6) is 23.0 Å². The number of para-hydroxylation sites is 8. The number of benzene rings is 6. The van der Waals surface area contributed by atoms with E-state index in [9.17, 15) is 0 Å². The zero-order valence-electron chi connectivity index (χ0n) is 24.4. The van der Waals surface area contributed by atoms with Gasteiger partial charge in [-0.15, -0.1) is 0 Å². The van der Waals surface area contributed by atoms with Gasteiger partial charge in [0.15, 0.2) is 23.0 Å². The number of rotatable bonds is 3. The van der Waals surface area contributed by atoms with Crippen molar-refractivity contribution < 1.29 is 9.47 Å². The zero-order valence-corrected chi connectivity index (χ0v) is 24.4. The van der Waals surface area contributed by atoms with Gasteiger partial charge >= 0.3 is 0 Å². The number of hydrogen-bond donors (Lipinski definition) is 0. The molecule has 5 heteroatoms. The highest BCUT2D eigenvalue weighted by Crippen LogP contribution is 2.53. The van der Waals surface area contributed by atoms with Crippen molar-refractivity contribution in [2.75, 3.05) is 9.80 Å². The zero-order chi connectivity index (χ0) is 29.4. The Hall–Kier alpha value is -5.68. The van der Waals surface area contributed by atoms with E-state index in [0.717, 1.165) is 57.1 Å². The fourth-order valence-electron chi connectivity index (χ4n) is 6.83. The van der Waals surface area contributed by atoms with E-state index in [1.807, 2.05) is 48.5 Å². The minimum absolute atomic E-state index is 0.293. The number of fused-ring (bicyclic) bond motifs is 7. The minimum Gasteiger partial charge on any atom is -0.453 e. The Morgan fingerprint density at radius 2 is 0.773 bits per heavy atom. The third-order valence-corrected chi connectivity index (χ3v) is 8.67. The van der Waals surface area contributed by atoms with Crippen molar-refractivity contribution in [3.05, 3.63) is 133 Å². The summed E-state index contributed by atoms with van der Waals surface area (Å²) in [6, 6.07) is 46.9. The number of aromatic nitrogens is 1. The average molecular weight is 572 g/mol. The number of nitrogens with zero attached hydrogens (tertiary/aromatic N) is 3. The van der Waals surface area contributed by atoms with Crippen LogP contribution in [0.1, 0.15) is 19.9 Å². The van der Waals surface area contributed by atoms with E-state index in [1.165, 1.54) is 21.8 Å². The van der Waals surface area contributed by atoms with Crippen molar-refractivity contribution in [1.82, 2.24) is 4.57 Å². The Kier molecular flexibility index (Phi) is 5.32. The van der Waals surface area contributed by atoms with Gasteiger partial charge in [0, 0.05) is 39.2 Å². The second-order valence-corrected chi connectivity index (χ2v) is 11.6. The molecule has 0 bridgehead atoms. The van der Waals surface area contributed by atoms with Crippen molar-refractivity contribution in [1.29, 1.82) is 0 Å². The highest BCUT2D eigenvalue weighted by Gasteiger charge is 2.28. The van der Waals surface area contributed by atoms with Crippen LogP contribution >= 0.6 is 0 Å². The number of anilines is 6. The summed E-state index contributed by atoms with van der Waals surface area (Å²) in [4.78, 5) is 4.62. The largest absolute Gasteiger partial charge is 0.453 e. The molecule has 0 spiro atoms. The van der Waals surface area contributed by atoms with Gasteiger partial charge in [-0.05, 0) is 98.8 Å². The molecule has 1 aromatic heterocycles. The smallest absolute Gasteiger partial charge is 0.151 e. The van der Waals surface area contributed by atoms with Crippen LogP contribution in [0.4, 0.5) is 34.1 Å². The van der Waals surface area contributed by atoms with E-state index in [-0.39, 0.29) is 0 Å². The van der Waals surface area contributed by atoms with Gasteiger partial charge in [0.25, 0.3) is 0 Å². The van der Waals surface area contributed by atoms with Gasteiger partial charge in [-0.1, -0.05) is 48.5 Å². The number of ether oxygens (including phenoxy) is 2. The molecule has 7 aromatic rings. The van der Waals surface area contributed by atoms with Crippen LogP contribution in [-0.2, 0) is 0 Å². The van der Waals surface area contributed by atoms with Crippen LogP contribution in [0.25, 0.3) is 21.8 Å². The summed E-state index contributed by atoms with van der Waals surface area (Å²) >= 11 is 0. The average Bonchev–Trinajstić information content (AvgIpc) is 3.39. The molecular formula is C39H29N3O2. The van der Waals surface area contributed by atoms with Gasteiger partial charge in [0.05, 0.1) is 22.7 Å². The van der Waals surface area contributed by atoms with Gasteiger partial charge in [0.1, 0.15) is 0 Å². The lowest BCUT2D eigenvalue weighted by Crippen LogP contribution is -2.15. The third kappa shape index (κ3) is 3.59. The summed E-state index contributed by atoms with van der Waals surface area (Å²) in [6.45, 7) is 4.51. The summed E-state index contributed by atoms with van der Waals surface area (Å²) < 4.78 is 15.0. The van der Waals surface area contributed by atoms with Crippen LogP contribution in [0.3, 0.4) is 0 Å². The van der Waals surface area contributed by atoms with E-state index in [2.05, 4.69) is 113 Å². The van der Waals surface area contributed by atoms with Crippen LogP contribution < -0.4 is 19.3 Å². The second kappa shape index (κ2) is 9.41. The maximum Gasteiger partial charge on any atom is 0.151 e. The molecule has 9 rings (SSSR count). The number of hydrogen-bond acceptors (Lipinski definition) is 4. The van der Waals surface area contributed by atoms with Crippen molar-refractivity contribution in [2.24, 2.45) is 0 Å². The van der Waals surface area contributed by atoms with Crippen molar-refractivity contribution in [3.63, 3.8) is 0 Å². The molecule has 0 radical (unpaired) electrons. The van der Waals surface area contributed by atoms with Gasteiger partial charge in [-0.25, -0.2) is 0 Å². The Morgan fingerprint density at radius 3 is 1.11 bits per heavy atom. The summed E-state index contributed by atoms with van der Waals surface area (Å²) in [6.07, 6.45) is 0. The topological polar surface area (TPSA) is 29.9 Å². The first-order valence-corrected chi connectivity index (χ1v) is 15.1. The molecule has 44 heavy (non-hydrogen) atoms. The molecule has 0 atom stereocenters. The molecule has 0 N–H and O–H groups in total. The van der Waals surface area contributed by atoms with E-state index in [0.29, 0.717) is 6.04 Å². The summed E-state index contributed by atoms with van der Waals surface area (Å²) in [5.74, 6) is 3.40. The van der Waals surface area contributed by atoms with Crippen LogP contribution in [-0.4, -0.2) is 4.57 Å². The predicted octanol–water partition coefficient (Wildman–Crippen LogP) is 11.5. The molecule has 6 aromatic carbocycles. The molecule has 0 aliphatic carbocycles. The minimum atomic E-state index is 0.293. The molecule has 5 nitrogen and oxygen atoms in total. The fourth-order valence-corrected chi connectivity index (χ4v) is 6.83. The summed E-state index contributed by atoms with van der Waals surface area (Å²) in [7, 11) is 0. The molecular weight excluding hydrogens is 542 g/mol. The Bertz CT molecular complexity index is 2000. The Morgan fingerprint density at radius 1 is 0.432 bits per heavy atom.